The zero-order chi connectivity index (χ0) is 14.1. The summed E-state index contributed by atoms with van der Waals surface area (Å²) in [6.45, 7) is 8.06. The third-order valence-electron chi connectivity index (χ3n) is 3.61. The van der Waals surface area contributed by atoms with E-state index < -0.39 is 0 Å². The molecule has 0 spiro atoms. The summed E-state index contributed by atoms with van der Waals surface area (Å²) >= 11 is 0. The maximum absolute atomic E-state index is 8.70. The molecule has 0 bridgehead atoms. The first kappa shape index (κ1) is 13.8. The topological polar surface area (TPSA) is 55.1 Å². The van der Waals surface area contributed by atoms with E-state index in [0.717, 1.165) is 5.69 Å². The molecule has 0 amide bonds. The molecule has 19 heavy (non-hydrogen) atoms. The normalized spacial score (nSPS) is 20.7. The van der Waals surface area contributed by atoms with Gasteiger partial charge in [0.2, 0.25) is 0 Å². The first-order valence-corrected chi connectivity index (χ1v) is 6.24. The molecule has 0 N–H and O–H groups in total. The minimum atomic E-state index is -0.373. The lowest BCUT2D eigenvalue weighted by atomic mass is 9.89. The van der Waals surface area contributed by atoms with Gasteiger partial charge in [0.25, 0.3) is 0 Å². The highest BCUT2D eigenvalue weighted by molar-refractivity contribution is 6.52. The van der Waals surface area contributed by atoms with Crippen molar-refractivity contribution in [3.63, 3.8) is 0 Å². The summed E-state index contributed by atoms with van der Waals surface area (Å²) in [6.07, 6.45) is 3.38. The lowest BCUT2D eigenvalue weighted by molar-refractivity contribution is 0.00578. The Balaban J connectivity index is 2.06. The molecule has 0 radical (unpaired) electrons. The fourth-order valence-corrected chi connectivity index (χ4v) is 1.71. The van der Waals surface area contributed by atoms with E-state index in [9.17, 15) is 0 Å². The van der Waals surface area contributed by atoms with Crippen LogP contribution < -0.4 is 0 Å². The molecule has 5 heteroatoms. The van der Waals surface area contributed by atoms with Crippen LogP contribution in [0.25, 0.3) is 6.08 Å². The molecule has 4 nitrogen and oxygen atoms in total. The second kappa shape index (κ2) is 4.80. The lowest BCUT2D eigenvalue weighted by Crippen LogP contribution is -2.41. The largest absolute Gasteiger partial charge is 0.487 e. The molecule has 0 saturated carbocycles. The molecule has 1 aromatic rings. The van der Waals surface area contributed by atoms with Crippen molar-refractivity contribution < 1.29 is 9.31 Å². The quantitative estimate of drug-likeness (QED) is 0.763. The van der Waals surface area contributed by atoms with Gasteiger partial charge in [-0.25, -0.2) is 0 Å². The number of pyridine rings is 1. The fraction of sp³-hybridized carbons (Fsp3) is 0.429. The van der Waals surface area contributed by atoms with Crippen LogP contribution in [-0.2, 0) is 9.31 Å². The van der Waals surface area contributed by atoms with E-state index in [2.05, 4.69) is 4.98 Å². The van der Waals surface area contributed by atoms with Gasteiger partial charge in [-0.05, 0) is 45.9 Å². The summed E-state index contributed by atoms with van der Waals surface area (Å²) in [6, 6.07) is 5.56. The second-order valence-corrected chi connectivity index (χ2v) is 5.57. The number of nitrogens with zero attached hydrogens (tertiary/aromatic N) is 2. The van der Waals surface area contributed by atoms with E-state index in [1.54, 1.807) is 18.3 Å². The fourth-order valence-electron chi connectivity index (χ4n) is 1.71. The van der Waals surface area contributed by atoms with Gasteiger partial charge in [-0.1, -0.05) is 5.98 Å². The van der Waals surface area contributed by atoms with Gasteiger partial charge in [-0.2, -0.15) is 5.26 Å². The Labute approximate surface area is 114 Å². The average molecular weight is 256 g/mol. The maximum Gasteiger partial charge on any atom is 0.487 e. The Morgan fingerprint density at radius 2 is 1.84 bits per heavy atom. The third kappa shape index (κ3) is 2.86. The van der Waals surface area contributed by atoms with E-state index in [4.69, 9.17) is 14.6 Å². The highest BCUT2D eigenvalue weighted by Crippen LogP contribution is 2.36. The van der Waals surface area contributed by atoms with E-state index in [-0.39, 0.29) is 18.3 Å². The monoisotopic (exact) mass is 256 g/mol. The summed E-state index contributed by atoms with van der Waals surface area (Å²) < 4.78 is 11.7. The first-order valence-electron chi connectivity index (χ1n) is 6.24. The Hall–Kier alpha value is -1.64. The molecule has 98 valence electrons. The molecule has 1 fully saturated rings. The van der Waals surface area contributed by atoms with Crippen LogP contribution in [0, 0.1) is 11.3 Å². The molecular formula is C14H17BN2O2. The Bertz CT molecular complexity index is 513. The van der Waals surface area contributed by atoms with Crippen LogP contribution in [0.1, 0.15) is 39.0 Å². The highest BCUT2D eigenvalue weighted by atomic mass is 16.7. The maximum atomic E-state index is 8.70. The third-order valence-corrected chi connectivity index (χ3v) is 3.61. The van der Waals surface area contributed by atoms with Crippen molar-refractivity contribution in [2.45, 2.75) is 38.9 Å². The van der Waals surface area contributed by atoms with Crippen LogP contribution in [0.3, 0.4) is 0 Å². The predicted octanol–water partition coefficient (Wildman–Crippen LogP) is 2.60. The van der Waals surface area contributed by atoms with Gasteiger partial charge in [0.05, 0.1) is 22.5 Å². The summed E-state index contributed by atoms with van der Waals surface area (Å²) in [5.41, 5.74) is 0.654. The van der Waals surface area contributed by atoms with Crippen LogP contribution in [0.4, 0.5) is 0 Å². The van der Waals surface area contributed by atoms with Gasteiger partial charge in [-0.3, -0.25) is 4.98 Å². The van der Waals surface area contributed by atoms with Crippen molar-refractivity contribution in [2.75, 3.05) is 0 Å². The summed E-state index contributed by atoms with van der Waals surface area (Å²) in [5.74, 6) is 1.84. The smallest absolute Gasteiger partial charge is 0.400 e. The summed E-state index contributed by atoms with van der Waals surface area (Å²) in [4.78, 5) is 4.16. The molecular weight excluding hydrogens is 239 g/mol. The van der Waals surface area contributed by atoms with E-state index in [1.807, 2.05) is 45.8 Å². The Morgan fingerprint density at radius 1 is 1.21 bits per heavy atom. The molecule has 1 aliphatic rings. The lowest BCUT2D eigenvalue weighted by Gasteiger charge is -2.32. The van der Waals surface area contributed by atoms with Crippen molar-refractivity contribution in [2.24, 2.45) is 0 Å². The zero-order valence-corrected chi connectivity index (χ0v) is 11.7. The van der Waals surface area contributed by atoms with Crippen LogP contribution in [0.15, 0.2) is 24.3 Å². The molecule has 2 heterocycles. The molecule has 1 aliphatic heterocycles. The van der Waals surface area contributed by atoms with E-state index in [0.29, 0.717) is 5.56 Å². The standard InChI is InChI=1S/C14H17BN2O2/c1-13(2)14(3,4)19-15(18-13)8-7-12-6-5-11(9-16)10-17-12/h5-8,10H,1-4H3/b8-7+. The number of aromatic nitrogens is 1. The SMILES string of the molecule is CC1(C)OB(/C=C/c2ccc(C#N)cn2)OC1(C)C. The first-order chi connectivity index (χ1) is 8.84. The van der Waals surface area contributed by atoms with Crippen LogP contribution in [0.5, 0.6) is 0 Å². The van der Waals surface area contributed by atoms with Crippen molar-refractivity contribution in [3.8, 4) is 6.07 Å². The van der Waals surface area contributed by atoms with Gasteiger partial charge >= 0.3 is 7.12 Å². The number of hydrogen-bond donors (Lipinski definition) is 0. The van der Waals surface area contributed by atoms with Gasteiger partial charge < -0.3 is 9.31 Å². The minimum Gasteiger partial charge on any atom is -0.400 e. The van der Waals surface area contributed by atoms with Crippen molar-refractivity contribution in [3.05, 3.63) is 35.6 Å². The minimum absolute atomic E-state index is 0.333. The van der Waals surface area contributed by atoms with E-state index >= 15 is 0 Å². The molecule has 2 rings (SSSR count). The van der Waals surface area contributed by atoms with Gasteiger partial charge in [0.1, 0.15) is 6.07 Å². The van der Waals surface area contributed by atoms with Crippen LogP contribution in [-0.4, -0.2) is 23.3 Å². The molecule has 0 atom stereocenters. The second-order valence-electron chi connectivity index (χ2n) is 5.57. The summed E-state index contributed by atoms with van der Waals surface area (Å²) in [7, 11) is -0.373. The molecule has 1 saturated heterocycles. The zero-order valence-electron chi connectivity index (χ0n) is 11.7. The molecule has 0 aromatic carbocycles. The Morgan fingerprint density at radius 3 is 2.32 bits per heavy atom. The molecule has 0 aliphatic carbocycles. The summed E-state index contributed by atoms with van der Waals surface area (Å²) in [5, 5.41) is 8.70. The van der Waals surface area contributed by atoms with Gasteiger partial charge in [0.15, 0.2) is 0 Å². The van der Waals surface area contributed by atoms with Crippen molar-refractivity contribution >= 4 is 13.2 Å². The average Bonchev–Trinajstić information content (AvgIpc) is 2.56. The van der Waals surface area contributed by atoms with Crippen molar-refractivity contribution in [1.82, 2.24) is 4.98 Å². The van der Waals surface area contributed by atoms with Crippen LogP contribution in [0.2, 0.25) is 0 Å². The number of rotatable bonds is 2. The number of nitriles is 1. The Kier molecular flexibility index (Phi) is 3.48. The van der Waals surface area contributed by atoms with Crippen LogP contribution >= 0.6 is 0 Å². The molecule has 1 aromatic heterocycles. The number of hydrogen-bond acceptors (Lipinski definition) is 4. The molecule has 0 unspecified atom stereocenters. The van der Waals surface area contributed by atoms with Crippen molar-refractivity contribution in [1.29, 1.82) is 5.26 Å². The van der Waals surface area contributed by atoms with E-state index in [1.165, 1.54) is 0 Å². The predicted molar refractivity (Wildman–Crippen MR) is 74.1 cm³/mol. The van der Waals surface area contributed by atoms with Gasteiger partial charge in [0, 0.05) is 6.20 Å². The van der Waals surface area contributed by atoms with Gasteiger partial charge in [-0.15, -0.1) is 0 Å². The highest BCUT2D eigenvalue weighted by Gasteiger charge is 2.49.